The normalized spacial score (nSPS) is 12.0. The van der Waals surface area contributed by atoms with Crippen molar-refractivity contribution in [2.75, 3.05) is 11.5 Å². The second-order valence-corrected chi connectivity index (χ2v) is 5.00. The molecule has 15 heavy (non-hydrogen) atoms. The van der Waals surface area contributed by atoms with Gasteiger partial charge in [-0.1, -0.05) is 25.6 Å². The van der Waals surface area contributed by atoms with Gasteiger partial charge < -0.3 is 0 Å². The largest absolute Gasteiger partial charge is 0.224 e. The number of thiol groups is 1. The topological polar surface area (TPSA) is 43.6 Å². The predicted octanol–water partition coefficient (Wildman–Crippen LogP) is 2.04. The van der Waals surface area contributed by atoms with E-state index in [2.05, 4.69) is 42.0 Å². The SMILES string of the molecule is CCC(CC)(CS)CSc1nnnn1C. The molecule has 0 saturated carbocycles. The van der Waals surface area contributed by atoms with Crippen molar-refractivity contribution in [3.05, 3.63) is 0 Å². The first-order valence-corrected chi connectivity index (χ1v) is 6.75. The van der Waals surface area contributed by atoms with Crippen LogP contribution in [0.3, 0.4) is 0 Å². The van der Waals surface area contributed by atoms with Crippen molar-refractivity contribution >= 4 is 24.4 Å². The predicted molar refractivity (Wildman–Crippen MR) is 66.4 cm³/mol. The van der Waals surface area contributed by atoms with Gasteiger partial charge in [0, 0.05) is 12.8 Å². The Morgan fingerprint density at radius 3 is 2.47 bits per heavy atom. The van der Waals surface area contributed by atoms with E-state index in [4.69, 9.17) is 0 Å². The van der Waals surface area contributed by atoms with Crippen LogP contribution in [0.2, 0.25) is 0 Å². The highest BCUT2D eigenvalue weighted by Gasteiger charge is 2.25. The summed E-state index contributed by atoms with van der Waals surface area (Å²) in [7, 11) is 1.86. The van der Waals surface area contributed by atoms with E-state index in [9.17, 15) is 0 Å². The van der Waals surface area contributed by atoms with Gasteiger partial charge in [0.2, 0.25) is 5.16 Å². The fraction of sp³-hybridized carbons (Fsp3) is 0.889. The van der Waals surface area contributed by atoms with Crippen molar-refractivity contribution in [1.82, 2.24) is 20.2 Å². The minimum absolute atomic E-state index is 0.305. The summed E-state index contributed by atoms with van der Waals surface area (Å²) in [6, 6.07) is 0. The molecule has 1 aromatic heterocycles. The molecule has 0 aliphatic carbocycles. The molecule has 0 bridgehead atoms. The molecule has 1 heterocycles. The van der Waals surface area contributed by atoms with E-state index in [1.165, 1.54) is 0 Å². The minimum atomic E-state index is 0.305. The highest BCUT2D eigenvalue weighted by Crippen LogP contribution is 2.33. The standard InChI is InChI=1S/C9H18N4S2/c1-4-9(5-2,6-14)7-15-8-10-11-12-13(8)3/h14H,4-7H2,1-3H3. The molecule has 0 spiro atoms. The molecule has 1 aromatic rings. The fourth-order valence-electron chi connectivity index (χ4n) is 1.28. The molecular formula is C9H18N4S2. The fourth-order valence-corrected chi connectivity index (χ4v) is 3.26. The van der Waals surface area contributed by atoms with Gasteiger partial charge in [-0.3, -0.25) is 0 Å². The Bertz CT molecular complexity index is 288. The maximum absolute atomic E-state index is 4.45. The van der Waals surface area contributed by atoms with Gasteiger partial charge in [-0.05, 0) is 34.4 Å². The second-order valence-electron chi connectivity index (χ2n) is 3.74. The second kappa shape index (κ2) is 5.75. The van der Waals surface area contributed by atoms with Crippen LogP contribution >= 0.6 is 24.4 Å². The lowest BCUT2D eigenvalue weighted by Crippen LogP contribution is -2.24. The van der Waals surface area contributed by atoms with Gasteiger partial charge in [-0.25, -0.2) is 4.68 Å². The molecule has 0 unspecified atom stereocenters. The maximum Gasteiger partial charge on any atom is 0.209 e. The monoisotopic (exact) mass is 246 g/mol. The van der Waals surface area contributed by atoms with Gasteiger partial charge in [-0.15, -0.1) is 5.10 Å². The molecule has 0 amide bonds. The van der Waals surface area contributed by atoms with Gasteiger partial charge in [0.05, 0.1) is 0 Å². The molecule has 0 saturated heterocycles. The van der Waals surface area contributed by atoms with Gasteiger partial charge in [0.15, 0.2) is 0 Å². The molecule has 0 aromatic carbocycles. The van der Waals surface area contributed by atoms with E-state index in [1.54, 1.807) is 16.4 Å². The molecule has 6 heteroatoms. The Morgan fingerprint density at radius 1 is 1.40 bits per heavy atom. The zero-order valence-corrected chi connectivity index (χ0v) is 11.2. The van der Waals surface area contributed by atoms with Crippen molar-refractivity contribution in [3.8, 4) is 0 Å². The van der Waals surface area contributed by atoms with Gasteiger partial charge >= 0.3 is 0 Å². The molecule has 86 valence electrons. The Morgan fingerprint density at radius 2 is 2.07 bits per heavy atom. The zero-order chi connectivity index (χ0) is 11.3. The minimum Gasteiger partial charge on any atom is -0.224 e. The van der Waals surface area contributed by atoms with E-state index < -0.39 is 0 Å². The zero-order valence-electron chi connectivity index (χ0n) is 9.47. The molecule has 0 radical (unpaired) electrons. The quantitative estimate of drug-likeness (QED) is 0.616. The smallest absolute Gasteiger partial charge is 0.209 e. The van der Waals surface area contributed by atoms with Gasteiger partial charge in [0.1, 0.15) is 0 Å². The van der Waals surface area contributed by atoms with Crippen molar-refractivity contribution in [1.29, 1.82) is 0 Å². The van der Waals surface area contributed by atoms with Crippen LogP contribution in [0.15, 0.2) is 5.16 Å². The summed E-state index contributed by atoms with van der Waals surface area (Å²) in [6.07, 6.45) is 2.29. The number of aromatic nitrogens is 4. The van der Waals surface area contributed by atoms with E-state index in [0.717, 1.165) is 29.5 Å². The molecule has 4 nitrogen and oxygen atoms in total. The number of aryl methyl sites for hydroxylation is 1. The highest BCUT2D eigenvalue weighted by atomic mass is 32.2. The lowest BCUT2D eigenvalue weighted by Gasteiger charge is -2.28. The number of hydrogen-bond donors (Lipinski definition) is 1. The summed E-state index contributed by atoms with van der Waals surface area (Å²) in [4.78, 5) is 0. The van der Waals surface area contributed by atoms with Crippen LogP contribution in [0.1, 0.15) is 26.7 Å². The first-order chi connectivity index (χ1) is 7.17. The molecule has 1 rings (SSSR count). The lowest BCUT2D eigenvalue weighted by molar-refractivity contribution is 0.357. The van der Waals surface area contributed by atoms with E-state index >= 15 is 0 Å². The van der Waals surface area contributed by atoms with Crippen molar-refractivity contribution in [2.24, 2.45) is 12.5 Å². The van der Waals surface area contributed by atoms with Crippen molar-refractivity contribution in [3.63, 3.8) is 0 Å². The molecule has 0 aliphatic rings. The van der Waals surface area contributed by atoms with Crippen LogP contribution in [0.25, 0.3) is 0 Å². The third-order valence-corrected chi connectivity index (χ3v) is 4.96. The average Bonchev–Trinajstić information content (AvgIpc) is 2.67. The van der Waals surface area contributed by atoms with E-state index in [-0.39, 0.29) is 0 Å². The lowest BCUT2D eigenvalue weighted by atomic mass is 9.87. The van der Waals surface area contributed by atoms with Crippen LogP contribution in [0, 0.1) is 5.41 Å². The Labute approximate surface area is 101 Å². The Kier molecular flexibility index (Phi) is 4.92. The summed E-state index contributed by atoms with van der Waals surface area (Å²) in [5.41, 5.74) is 0.305. The first kappa shape index (κ1) is 12.8. The van der Waals surface area contributed by atoms with Crippen molar-refractivity contribution in [2.45, 2.75) is 31.8 Å². The Hall–Kier alpha value is -0.230. The molecule has 0 fully saturated rings. The summed E-state index contributed by atoms with van der Waals surface area (Å²) >= 11 is 6.16. The summed E-state index contributed by atoms with van der Waals surface area (Å²) in [5.74, 6) is 1.94. The molecule has 0 N–H and O–H groups in total. The molecule has 0 aliphatic heterocycles. The number of rotatable bonds is 6. The van der Waals surface area contributed by atoms with Gasteiger partial charge in [0.25, 0.3) is 0 Å². The summed E-state index contributed by atoms with van der Waals surface area (Å²) in [6.45, 7) is 4.43. The van der Waals surface area contributed by atoms with Gasteiger partial charge in [-0.2, -0.15) is 12.6 Å². The maximum atomic E-state index is 4.45. The third-order valence-electron chi connectivity index (χ3n) is 2.92. The number of thioether (sulfide) groups is 1. The molecular weight excluding hydrogens is 228 g/mol. The van der Waals surface area contributed by atoms with Crippen LogP contribution in [-0.2, 0) is 7.05 Å². The number of nitrogens with zero attached hydrogens (tertiary/aromatic N) is 4. The van der Waals surface area contributed by atoms with Crippen LogP contribution < -0.4 is 0 Å². The molecule has 0 atom stereocenters. The van der Waals surface area contributed by atoms with E-state index in [0.29, 0.717) is 5.41 Å². The highest BCUT2D eigenvalue weighted by molar-refractivity contribution is 7.99. The first-order valence-electron chi connectivity index (χ1n) is 5.13. The van der Waals surface area contributed by atoms with E-state index in [1.807, 2.05) is 7.05 Å². The third kappa shape index (κ3) is 3.11. The van der Waals surface area contributed by atoms with Crippen LogP contribution in [0.5, 0.6) is 0 Å². The number of tetrazole rings is 1. The summed E-state index contributed by atoms with van der Waals surface area (Å²) < 4.78 is 1.71. The van der Waals surface area contributed by atoms with Crippen LogP contribution in [-0.4, -0.2) is 31.7 Å². The number of hydrogen-bond acceptors (Lipinski definition) is 5. The summed E-state index contributed by atoms with van der Waals surface area (Å²) in [5, 5.41) is 12.3. The van der Waals surface area contributed by atoms with Crippen molar-refractivity contribution < 1.29 is 0 Å². The Balaban J connectivity index is 2.58. The average molecular weight is 246 g/mol. The van der Waals surface area contributed by atoms with Crippen LogP contribution in [0.4, 0.5) is 0 Å².